The Morgan fingerprint density at radius 2 is 1.71 bits per heavy atom. The molecule has 0 spiro atoms. The lowest BCUT2D eigenvalue weighted by molar-refractivity contribution is -0.122. The van der Waals surface area contributed by atoms with Crippen molar-refractivity contribution >= 4 is 23.2 Å². The fraction of sp³-hybridized carbons (Fsp3) is 0.435. The Labute approximate surface area is 173 Å². The van der Waals surface area contributed by atoms with Crippen molar-refractivity contribution in [2.45, 2.75) is 38.8 Å². The molecule has 0 radical (unpaired) electrons. The Bertz CT molecular complexity index is 727. The molecule has 1 amide bonds. The molecule has 1 unspecified atom stereocenters. The Kier molecular flexibility index (Phi) is 7.90. The van der Waals surface area contributed by atoms with E-state index in [0.29, 0.717) is 0 Å². The number of halogens is 1. The first kappa shape index (κ1) is 20.8. The summed E-state index contributed by atoms with van der Waals surface area (Å²) >= 11 is 5.98. The van der Waals surface area contributed by atoms with Gasteiger partial charge in [0.2, 0.25) is 5.91 Å². The summed E-state index contributed by atoms with van der Waals surface area (Å²) in [7, 11) is 0. The first-order valence-electron chi connectivity index (χ1n) is 10.2. The minimum absolute atomic E-state index is 0.0576. The van der Waals surface area contributed by atoms with Crippen molar-refractivity contribution in [3.63, 3.8) is 0 Å². The smallest absolute Gasteiger partial charge is 0.241 e. The molecular formula is C23H30ClN3O. The summed E-state index contributed by atoms with van der Waals surface area (Å²) in [4.78, 5) is 17.7. The van der Waals surface area contributed by atoms with Gasteiger partial charge in [0.15, 0.2) is 0 Å². The number of piperazine rings is 1. The van der Waals surface area contributed by atoms with E-state index in [-0.39, 0.29) is 11.9 Å². The van der Waals surface area contributed by atoms with Crippen LogP contribution in [0.25, 0.3) is 0 Å². The summed E-state index contributed by atoms with van der Waals surface area (Å²) in [6.07, 6.45) is 3.08. The summed E-state index contributed by atoms with van der Waals surface area (Å²) in [5.74, 6) is 0.116. The quantitative estimate of drug-likeness (QED) is 0.701. The second-order valence-electron chi connectivity index (χ2n) is 7.45. The van der Waals surface area contributed by atoms with Gasteiger partial charge in [-0.3, -0.25) is 14.6 Å². The number of nitrogens with one attached hydrogen (secondary N) is 1. The van der Waals surface area contributed by atoms with Crippen LogP contribution < -0.4 is 5.32 Å². The van der Waals surface area contributed by atoms with Crippen molar-refractivity contribution in [2.24, 2.45) is 0 Å². The molecule has 1 atom stereocenters. The number of hydrogen-bond acceptors (Lipinski definition) is 3. The lowest BCUT2D eigenvalue weighted by atomic mass is 10.1. The van der Waals surface area contributed by atoms with Crippen LogP contribution in [0.4, 0.5) is 5.69 Å². The highest BCUT2D eigenvalue weighted by Gasteiger charge is 2.28. The number of unbranched alkanes of at least 4 members (excludes halogenated alkanes) is 1. The number of amides is 1. The molecule has 1 fully saturated rings. The largest absolute Gasteiger partial charge is 0.325 e. The molecule has 3 rings (SSSR count). The van der Waals surface area contributed by atoms with Gasteiger partial charge in [0.05, 0.1) is 6.04 Å². The van der Waals surface area contributed by atoms with E-state index in [2.05, 4.69) is 34.2 Å². The number of para-hydroxylation sites is 1. The van der Waals surface area contributed by atoms with Crippen LogP contribution in [0, 0.1) is 0 Å². The number of benzene rings is 2. The van der Waals surface area contributed by atoms with Gasteiger partial charge in [-0.25, -0.2) is 0 Å². The monoisotopic (exact) mass is 399 g/mol. The highest BCUT2D eigenvalue weighted by molar-refractivity contribution is 6.30. The standard InChI is InChI=1S/C23H30ClN3O/c1-2-3-9-22(23(28)25-21-7-5-4-6-8-21)27-16-14-26(15-17-27)18-19-10-12-20(24)13-11-19/h4-8,10-13,22H,2-3,9,14-18H2,1H3,(H,25,28). The summed E-state index contributed by atoms with van der Waals surface area (Å²) in [6.45, 7) is 6.90. The second-order valence-corrected chi connectivity index (χ2v) is 7.89. The van der Waals surface area contributed by atoms with E-state index in [1.165, 1.54) is 5.56 Å². The molecular weight excluding hydrogens is 370 g/mol. The number of rotatable bonds is 8. The number of carbonyl (C=O) groups excluding carboxylic acids is 1. The summed E-state index contributed by atoms with van der Waals surface area (Å²) in [5.41, 5.74) is 2.15. The summed E-state index contributed by atoms with van der Waals surface area (Å²) in [6, 6.07) is 17.8. The summed E-state index contributed by atoms with van der Waals surface area (Å²) in [5, 5.41) is 3.87. The Hall–Kier alpha value is -1.88. The average Bonchev–Trinajstić information content (AvgIpc) is 2.72. The molecule has 1 aliphatic rings. The van der Waals surface area contributed by atoms with Crippen molar-refractivity contribution in [1.29, 1.82) is 0 Å². The molecule has 0 aromatic heterocycles. The molecule has 4 nitrogen and oxygen atoms in total. The van der Waals surface area contributed by atoms with Gasteiger partial charge in [0.25, 0.3) is 0 Å². The zero-order chi connectivity index (χ0) is 19.8. The summed E-state index contributed by atoms with van der Waals surface area (Å²) < 4.78 is 0. The maximum Gasteiger partial charge on any atom is 0.241 e. The normalized spacial score (nSPS) is 16.6. The lowest BCUT2D eigenvalue weighted by Crippen LogP contribution is -2.53. The van der Waals surface area contributed by atoms with Crippen LogP contribution in [-0.4, -0.2) is 47.9 Å². The minimum Gasteiger partial charge on any atom is -0.325 e. The predicted octanol–water partition coefficient (Wildman–Crippen LogP) is 4.66. The fourth-order valence-corrected chi connectivity index (χ4v) is 3.83. The molecule has 0 saturated carbocycles. The fourth-order valence-electron chi connectivity index (χ4n) is 3.71. The second kappa shape index (κ2) is 10.6. The molecule has 5 heteroatoms. The van der Waals surface area contributed by atoms with Crippen molar-refractivity contribution < 1.29 is 4.79 Å². The van der Waals surface area contributed by atoms with Gasteiger partial charge in [-0.1, -0.05) is 61.7 Å². The van der Waals surface area contributed by atoms with Gasteiger partial charge in [-0.2, -0.15) is 0 Å². The topological polar surface area (TPSA) is 35.6 Å². The molecule has 1 N–H and O–H groups in total. The van der Waals surface area contributed by atoms with Gasteiger partial charge in [-0.05, 0) is 36.2 Å². The van der Waals surface area contributed by atoms with Crippen LogP contribution in [0.1, 0.15) is 31.7 Å². The average molecular weight is 400 g/mol. The third-order valence-electron chi connectivity index (χ3n) is 5.34. The van der Waals surface area contributed by atoms with Crippen LogP contribution in [0.2, 0.25) is 5.02 Å². The lowest BCUT2D eigenvalue weighted by Gasteiger charge is -2.38. The van der Waals surface area contributed by atoms with Crippen molar-refractivity contribution in [3.05, 3.63) is 65.2 Å². The van der Waals surface area contributed by atoms with Crippen LogP contribution in [0.3, 0.4) is 0 Å². The SMILES string of the molecule is CCCCC(C(=O)Nc1ccccc1)N1CCN(Cc2ccc(Cl)cc2)CC1. The van der Waals surface area contributed by atoms with Crippen molar-refractivity contribution in [1.82, 2.24) is 9.80 Å². The minimum atomic E-state index is -0.0576. The molecule has 0 aliphatic carbocycles. The van der Waals surface area contributed by atoms with Gasteiger partial charge in [-0.15, -0.1) is 0 Å². The van der Waals surface area contributed by atoms with E-state index in [1.807, 2.05) is 42.5 Å². The van der Waals surface area contributed by atoms with Crippen molar-refractivity contribution in [2.75, 3.05) is 31.5 Å². The van der Waals surface area contributed by atoms with Gasteiger partial charge in [0.1, 0.15) is 0 Å². The predicted molar refractivity (Wildman–Crippen MR) is 117 cm³/mol. The van der Waals surface area contributed by atoms with E-state index in [9.17, 15) is 4.79 Å². The third-order valence-corrected chi connectivity index (χ3v) is 5.59. The highest BCUT2D eigenvalue weighted by atomic mass is 35.5. The molecule has 150 valence electrons. The van der Waals surface area contributed by atoms with Crippen molar-refractivity contribution in [3.8, 4) is 0 Å². The highest BCUT2D eigenvalue weighted by Crippen LogP contribution is 2.17. The van der Waals surface area contributed by atoms with Crippen LogP contribution in [-0.2, 0) is 11.3 Å². The van der Waals surface area contributed by atoms with E-state index in [1.54, 1.807) is 0 Å². The van der Waals surface area contributed by atoms with E-state index >= 15 is 0 Å². The molecule has 28 heavy (non-hydrogen) atoms. The molecule has 2 aromatic carbocycles. The third kappa shape index (κ3) is 6.06. The number of anilines is 1. The Morgan fingerprint density at radius 3 is 2.36 bits per heavy atom. The molecule has 1 saturated heterocycles. The van der Waals surface area contributed by atoms with E-state index < -0.39 is 0 Å². The van der Waals surface area contributed by atoms with Gasteiger partial charge in [0, 0.05) is 43.4 Å². The van der Waals surface area contributed by atoms with Crippen LogP contribution in [0.5, 0.6) is 0 Å². The molecule has 2 aromatic rings. The number of hydrogen-bond donors (Lipinski definition) is 1. The molecule has 1 heterocycles. The zero-order valence-corrected chi connectivity index (χ0v) is 17.4. The first-order chi connectivity index (χ1) is 13.7. The first-order valence-corrected chi connectivity index (χ1v) is 10.6. The van der Waals surface area contributed by atoms with Crippen LogP contribution >= 0.6 is 11.6 Å². The van der Waals surface area contributed by atoms with Gasteiger partial charge >= 0.3 is 0 Å². The number of nitrogens with zero attached hydrogens (tertiary/aromatic N) is 2. The maximum atomic E-state index is 12.9. The van der Waals surface area contributed by atoms with Crippen LogP contribution in [0.15, 0.2) is 54.6 Å². The molecule has 0 bridgehead atoms. The van der Waals surface area contributed by atoms with E-state index in [0.717, 1.165) is 62.7 Å². The Balaban J connectivity index is 1.56. The molecule has 1 aliphatic heterocycles. The number of carbonyl (C=O) groups is 1. The maximum absolute atomic E-state index is 12.9. The van der Waals surface area contributed by atoms with E-state index in [4.69, 9.17) is 11.6 Å². The zero-order valence-electron chi connectivity index (χ0n) is 16.6. The van der Waals surface area contributed by atoms with Gasteiger partial charge < -0.3 is 5.32 Å². The Morgan fingerprint density at radius 1 is 1.04 bits per heavy atom.